The summed E-state index contributed by atoms with van der Waals surface area (Å²) in [5, 5.41) is 4.86. The Labute approximate surface area is 251 Å². The molecule has 1 N–H and O–H groups in total. The van der Waals surface area contributed by atoms with Gasteiger partial charge in [0.05, 0.1) is 22.8 Å². The minimum Gasteiger partial charge on any atom is -0.493 e. The first kappa shape index (κ1) is 33.7. The molecule has 1 atom stereocenters. The van der Waals surface area contributed by atoms with Gasteiger partial charge in [0.15, 0.2) is 11.3 Å². The van der Waals surface area contributed by atoms with Crippen LogP contribution < -0.4 is 10.3 Å². The number of hydrogen-bond donors (Lipinski definition) is 1. The van der Waals surface area contributed by atoms with E-state index < -0.39 is 10.0 Å². The summed E-state index contributed by atoms with van der Waals surface area (Å²) in [5.41, 5.74) is 1.14. The number of benzene rings is 1. The van der Waals surface area contributed by atoms with Crippen molar-refractivity contribution in [1.29, 1.82) is 0 Å². The van der Waals surface area contributed by atoms with Crippen LogP contribution in [0.5, 0.6) is 5.75 Å². The lowest BCUT2D eigenvalue weighted by Gasteiger charge is -2.27. The highest BCUT2D eigenvalue weighted by Crippen LogP contribution is 2.33. The SMILES string of the molecule is CCCCCCC(CC)c1nc(C)c2c(=O)[nH]c(-c3cc(S(=O)(=O)N(CCCN(C)C)C(C)C)ccc3OCC)nn12. The Balaban J connectivity index is 2.13. The van der Waals surface area contributed by atoms with Crippen LogP contribution in [0.4, 0.5) is 0 Å². The number of rotatable bonds is 17. The summed E-state index contributed by atoms with van der Waals surface area (Å²) in [6, 6.07) is 4.56. The maximum absolute atomic E-state index is 13.9. The van der Waals surface area contributed by atoms with Gasteiger partial charge in [-0.3, -0.25) is 4.79 Å². The number of aromatic amines is 1. The molecule has 0 saturated heterocycles. The lowest BCUT2D eigenvalue weighted by Crippen LogP contribution is -2.38. The van der Waals surface area contributed by atoms with Crippen molar-refractivity contribution in [3.63, 3.8) is 0 Å². The first-order valence-electron chi connectivity index (χ1n) is 15.4. The standard InChI is InChI=1S/C31H50N6O4S/c1-9-12-13-14-16-24(10-2)30-32-23(6)28-31(38)33-29(34-37(28)30)26-21-25(17-18-27(26)41-11-3)42(39,40)36(22(4)5)20-15-19-35(7)8/h17-18,21-22,24H,9-16,19-20H2,1-8H3,(H,33,34,38). The molecular weight excluding hydrogens is 552 g/mol. The summed E-state index contributed by atoms with van der Waals surface area (Å²) >= 11 is 0. The van der Waals surface area contributed by atoms with E-state index in [1.807, 2.05) is 46.7 Å². The van der Waals surface area contributed by atoms with E-state index in [1.165, 1.54) is 17.1 Å². The van der Waals surface area contributed by atoms with Crippen molar-refractivity contribution >= 4 is 15.5 Å². The molecule has 0 saturated carbocycles. The molecule has 0 radical (unpaired) electrons. The van der Waals surface area contributed by atoms with E-state index >= 15 is 0 Å². The Hall–Kier alpha value is -2.76. The van der Waals surface area contributed by atoms with Crippen molar-refractivity contribution < 1.29 is 13.2 Å². The number of aromatic nitrogens is 4. The number of fused-ring (bicyclic) bond motifs is 1. The molecule has 0 fully saturated rings. The van der Waals surface area contributed by atoms with Crippen molar-refractivity contribution in [3.8, 4) is 17.1 Å². The highest BCUT2D eigenvalue weighted by Gasteiger charge is 2.29. The molecular formula is C31H50N6O4S. The normalized spacial score (nSPS) is 13.1. The van der Waals surface area contributed by atoms with Gasteiger partial charge in [-0.05, 0) is 85.8 Å². The second kappa shape index (κ2) is 15.1. The Morgan fingerprint density at radius 2 is 1.79 bits per heavy atom. The van der Waals surface area contributed by atoms with E-state index in [2.05, 4.69) is 18.8 Å². The highest BCUT2D eigenvalue weighted by atomic mass is 32.2. The average molecular weight is 603 g/mol. The second-order valence-electron chi connectivity index (χ2n) is 11.5. The van der Waals surface area contributed by atoms with Crippen molar-refractivity contribution in [2.45, 2.75) is 103 Å². The predicted octanol–water partition coefficient (Wildman–Crippen LogP) is 5.61. The molecule has 42 heavy (non-hydrogen) atoms. The lowest BCUT2D eigenvalue weighted by molar-refractivity contribution is 0.318. The molecule has 10 nitrogen and oxygen atoms in total. The zero-order valence-corrected chi connectivity index (χ0v) is 27.6. The molecule has 1 aromatic carbocycles. The molecule has 2 aromatic heterocycles. The fraction of sp³-hybridized carbons (Fsp3) is 0.645. The van der Waals surface area contributed by atoms with Gasteiger partial charge in [0.2, 0.25) is 10.0 Å². The van der Waals surface area contributed by atoms with Crippen LogP contribution >= 0.6 is 0 Å². The fourth-order valence-electron chi connectivity index (χ4n) is 5.38. The van der Waals surface area contributed by atoms with Gasteiger partial charge in [-0.1, -0.05) is 39.5 Å². The zero-order valence-electron chi connectivity index (χ0n) is 26.7. The summed E-state index contributed by atoms with van der Waals surface area (Å²) in [6.07, 6.45) is 7.18. The minimum atomic E-state index is -3.83. The largest absolute Gasteiger partial charge is 0.493 e. The van der Waals surface area contributed by atoms with Crippen LogP contribution in [0.3, 0.4) is 0 Å². The van der Waals surface area contributed by atoms with Gasteiger partial charge in [0.25, 0.3) is 5.56 Å². The lowest BCUT2D eigenvalue weighted by atomic mass is 9.97. The van der Waals surface area contributed by atoms with Gasteiger partial charge in [-0.2, -0.15) is 4.31 Å². The van der Waals surface area contributed by atoms with Crippen LogP contribution in [-0.4, -0.2) is 77.0 Å². The Morgan fingerprint density at radius 1 is 1.05 bits per heavy atom. The molecule has 0 amide bonds. The zero-order chi connectivity index (χ0) is 31.0. The third kappa shape index (κ3) is 7.79. The van der Waals surface area contributed by atoms with Crippen LogP contribution in [0.2, 0.25) is 0 Å². The molecule has 3 rings (SSSR count). The van der Waals surface area contributed by atoms with Crippen LogP contribution in [0.25, 0.3) is 16.9 Å². The molecule has 0 aliphatic carbocycles. The van der Waals surface area contributed by atoms with E-state index in [0.29, 0.717) is 42.1 Å². The third-order valence-electron chi connectivity index (χ3n) is 7.64. The van der Waals surface area contributed by atoms with Crippen LogP contribution in [0.1, 0.15) is 97.0 Å². The highest BCUT2D eigenvalue weighted by molar-refractivity contribution is 7.89. The topological polar surface area (TPSA) is 113 Å². The Bertz CT molecular complexity index is 1480. The number of nitrogens with one attached hydrogen (secondary N) is 1. The number of unbranched alkanes of at least 4 members (excludes halogenated alkanes) is 3. The average Bonchev–Trinajstić information content (AvgIpc) is 3.27. The molecule has 0 aliphatic rings. The Kier molecular flexibility index (Phi) is 12.1. The number of H-pyrrole nitrogens is 1. The quantitative estimate of drug-likeness (QED) is 0.200. The monoisotopic (exact) mass is 602 g/mol. The first-order chi connectivity index (χ1) is 20.0. The third-order valence-corrected chi connectivity index (χ3v) is 9.71. The second-order valence-corrected chi connectivity index (χ2v) is 13.4. The van der Waals surface area contributed by atoms with E-state index in [9.17, 15) is 13.2 Å². The predicted molar refractivity (Wildman–Crippen MR) is 169 cm³/mol. The maximum atomic E-state index is 13.9. The van der Waals surface area contributed by atoms with Crippen LogP contribution in [0, 0.1) is 6.92 Å². The van der Waals surface area contributed by atoms with Gasteiger partial charge in [-0.15, -0.1) is 5.10 Å². The number of sulfonamides is 1. The van der Waals surface area contributed by atoms with E-state index in [1.54, 1.807) is 22.7 Å². The molecule has 1 unspecified atom stereocenters. The Morgan fingerprint density at radius 3 is 2.40 bits per heavy atom. The van der Waals surface area contributed by atoms with E-state index in [0.717, 1.165) is 38.1 Å². The van der Waals surface area contributed by atoms with Gasteiger partial charge >= 0.3 is 0 Å². The van der Waals surface area contributed by atoms with Gasteiger partial charge in [0, 0.05) is 18.5 Å². The van der Waals surface area contributed by atoms with Crippen molar-refractivity contribution in [2.24, 2.45) is 0 Å². The molecule has 0 aliphatic heterocycles. The molecule has 0 bridgehead atoms. The summed E-state index contributed by atoms with van der Waals surface area (Å²) in [5.74, 6) is 1.62. The van der Waals surface area contributed by atoms with E-state index in [4.69, 9.17) is 14.8 Å². The van der Waals surface area contributed by atoms with E-state index in [-0.39, 0.29) is 28.2 Å². The number of aryl methyl sites for hydroxylation is 1. The van der Waals surface area contributed by atoms with Gasteiger partial charge < -0.3 is 14.6 Å². The smallest absolute Gasteiger partial charge is 0.277 e. The van der Waals surface area contributed by atoms with Gasteiger partial charge in [0.1, 0.15) is 11.6 Å². The number of nitrogens with zero attached hydrogens (tertiary/aromatic N) is 5. The summed E-state index contributed by atoms with van der Waals surface area (Å²) in [4.78, 5) is 23.3. The van der Waals surface area contributed by atoms with Crippen LogP contribution in [-0.2, 0) is 10.0 Å². The summed E-state index contributed by atoms with van der Waals surface area (Å²) in [7, 11) is 0.115. The fourth-order valence-corrected chi connectivity index (χ4v) is 7.08. The molecule has 2 heterocycles. The summed E-state index contributed by atoms with van der Waals surface area (Å²) < 4.78 is 36.8. The minimum absolute atomic E-state index is 0.131. The molecule has 11 heteroatoms. The number of ether oxygens (including phenoxy) is 1. The molecule has 0 spiro atoms. The maximum Gasteiger partial charge on any atom is 0.277 e. The first-order valence-corrected chi connectivity index (χ1v) is 16.8. The number of hydrogen-bond acceptors (Lipinski definition) is 7. The number of imidazole rings is 1. The van der Waals surface area contributed by atoms with Crippen molar-refractivity contribution in [3.05, 3.63) is 40.1 Å². The summed E-state index contributed by atoms with van der Waals surface area (Å²) in [6.45, 7) is 13.3. The molecule has 3 aromatic rings. The van der Waals surface area contributed by atoms with Crippen LogP contribution in [0.15, 0.2) is 27.9 Å². The molecule has 234 valence electrons. The van der Waals surface area contributed by atoms with Crippen molar-refractivity contribution in [1.82, 2.24) is 28.8 Å². The van der Waals surface area contributed by atoms with Gasteiger partial charge in [-0.25, -0.2) is 17.9 Å². The van der Waals surface area contributed by atoms with Crippen molar-refractivity contribution in [2.75, 3.05) is 33.8 Å².